The van der Waals surface area contributed by atoms with Gasteiger partial charge in [0.1, 0.15) is 24.3 Å². The minimum atomic E-state index is -0.321. The lowest BCUT2D eigenvalue weighted by Crippen LogP contribution is -2.38. The predicted molar refractivity (Wildman–Crippen MR) is 99.1 cm³/mol. The van der Waals surface area contributed by atoms with Crippen LogP contribution in [-0.4, -0.2) is 44.6 Å². The van der Waals surface area contributed by atoms with Crippen LogP contribution in [0.3, 0.4) is 0 Å². The monoisotopic (exact) mass is 455 g/mol. The van der Waals surface area contributed by atoms with Gasteiger partial charge in [0, 0.05) is 32.0 Å². The van der Waals surface area contributed by atoms with E-state index in [4.69, 9.17) is 14.4 Å². The Bertz CT molecular complexity index is 928. The molecule has 3 aromatic rings. The van der Waals surface area contributed by atoms with E-state index in [1.54, 1.807) is 6.07 Å². The van der Waals surface area contributed by atoms with E-state index in [9.17, 15) is 4.39 Å². The summed E-state index contributed by atoms with van der Waals surface area (Å²) < 4.78 is 25.0. The SMILES string of the molecule is OCc1nc(-c2nnc(N3CCC(Oc4cc(F)ccc4Br)CC3)s2)no1. The lowest BCUT2D eigenvalue weighted by atomic mass is 10.1. The average Bonchev–Trinajstić information content (AvgIpc) is 3.34. The highest BCUT2D eigenvalue weighted by Gasteiger charge is 2.24. The quantitative estimate of drug-likeness (QED) is 0.626. The zero-order valence-electron chi connectivity index (χ0n) is 14.0. The van der Waals surface area contributed by atoms with Crippen molar-refractivity contribution in [2.75, 3.05) is 18.0 Å². The van der Waals surface area contributed by atoms with E-state index in [0.29, 0.717) is 16.6 Å². The first-order chi connectivity index (χ1) is 13.1. The highest BCUT2D eigenvalue weighted by Crippen LogP contribution is 2.31. The van der Waals surface area contributed by atoms with E-state index in [1.165, 1.54) is 23.5 Å². The van der Waals surface area contributed by atoms with Crippen LogP contribution in [0.15, 0.2) is 27.2 Å². The molecule has 1 aromatic carbocycles. The zero-order valence-corrected chi connectivity index (χ0v) is 16.4. The Balaban J connectivity index is 1.37. The lowest BCUT2D eigenvalue weighted by molar-refractivity contribution is 0.169. The molecule has 0 amide bonds. The maximum Gasteiger partial charge on any atom is 0.252 e. The number of nitrogens with zero attached hydrogens (tertiary/aromatic N) is 5. The topological polar surface area (TPSA) is 97.4 Å². The zero-order chi connectivity index (χ0) is 18.8. The molecule has 8 nitrogen and oxygen atoms in total. The van der Waals surface area contributed by atoms with Crippen LogP contribution in [0.1, 0.15) is 18.7 Å². The summed E-state index contributed by atoms with van der Waals surface area (Å²) in [4.78, 5) is 6.16. The molecule has 1 saturated heterocycles. The molecule has 0 spiro atoms. The van der Waals surface area contributed by atoms with E-state index in [1.807, 2.05) is 0 Å². The summed E-state index contributed by atoms with van der Waals surface area (Å²) in [7, 11) is 0. The average molecular weight is 456 g/mol. The number of hydrogen-bond donors (Lipinski definition) is 1. The van der Waals surface area contributed by atoms with Gasteiger partial charge in [-0.05, 0) is 28.1 Å². The van der Waals surface area contributed by atoms with Gasteiger partial charge in [-0.1, -0.05) is 16.5 Å². The summed E-state index contributed by atoms with van der Waals surface area (Å²) in [6, 6.07) is 4.42. The summed E-state index contributed by atoms with van der Waals surface area (Å²) in [5.41, 5.74) is 0. The molecule has 27 heavy (non-hydrogen) atoms. The molecule has 11 heteroatoms. The fourth-order valence-corrected chi connectivity index (χ4v) is 3.91. The second-order valence-corrected chi connectivity index (χ2v) is 7.75. The minimum Gasteiger partial charge on any atom is -0.489 e. The van der Waals surface area contributed by atoms with Gasteiger partial charge in [0.25, 0.3) is 5.89 Å². The molecule has 1 aliphatic rings. The highest BCUT2D eigenvalue weighted by atomic mass is 79.9. The van der Waals surface area contributed by atoms with Gasteiger partial charge in [-0.25, -0.2) is 4.39 Å². The molecule has 0 unspecified atom stereocenters. The van der Waals surface area contributed by atoms with E-state index in [2.05, 4.69) is 41.2 Å². The Morgan fingerprint density at radius 3 is 2.89 bits per heavy atom. The number of aliphatic hydroxyl groups excluding tert-OH is 1. The Kier molecular flexibility index (Phi) is 5.32. The van der Waals surface area contributed by atoms with Crippen molar-refractivity contribution in [3.8, 4) is 16.6 Å². The molecule has 4 rings (SSSR count). The number of benzene rings is 1. The van der Waals surface area contributed by atoms with E-state index in [0.717, 1.165) is 35.5 Å². The molecule has 142 valence electrons. The smallest absolute Gasteiger partial charge is 0.252 e. The van der Waals surface area contributed by atoms with Crippen molar-refractivity contribution < 1.29 is 18.8 Å². The van der Waals surface area contributed by atoms with Gasteiger partial charge in [-0.15, -0.1) is 10.2 Å². The van der Waals surface area contributed by atoms with Crippen molar-refractivity contribution in [2.45, 2.75) is 25.6 Å². The first kappa shape index (κ1) is 18.3. The van der Waals surface area contributed by atoms with E-state index < -0.39 is 0 Å². The Morgan fingerprint density at radius 2 is 2.15 bits per heavy atom. The summed E-state index contributed by atoms with van der Waals surface area (Å²) in [6.07, 6.45) is 1.58. The van der Waals surface area contributed by atoms with E-state index >= 15 is 0 Å². The van der Waals surface area contributed by atoms with Crippen LogP contribution in [0.2, 0.25) is 0 Å². The van der Waals surface area contributed by atoms with Crippen LogP contribution in [-0.2, 0) is 6.61 Å². The lowest BCUT2D eigenvalue weighted by Gasteiger charge is -2.31. The van der Waals surface area contributed by atoms with Gasteiger partial charge in [-0.3, -0.25) is 0 Å². The Labute approximate surface area is 166 Å². The number of aliphatic hydroxyl groups is 1. The number of rotatable bonds is 5. The highest BCUT2D eigenvalue weighted by molar-refractivity contribution is 9.10. The maximum atomic E-state index is 13.4. The number of anilines is 1. The van der Waals surface area contributed by atoms with Crippen LogP contribution >= 0.6 is 27.3 Å². The van der Waals surface area contributed by atoms with Crippen LogP contribution in [0, 0.1) is 5.82 Å². The van der Waals surface area contributed by atoms with Gasteiger partial charge in [-0.2, -0.15) is 4.98 Å². The molecular weight excluding hydrogens is 441 g/mol. The minimum absolute atomic E-state index is 0.0102. The van der Waals surface area contributed by atoms with Crippen molar-refractivity contribution in [3.63, 3.8) is 0 Å². The largest absolute Gasteiger partial charge is 0.489 e. The van der Waals surface area contributed by atoms with Crippen molar-refractivity contribution in [1.82, 2.24) is 20.3 Å². The van der Waals surface area contributed by atoms with Crippen LogP contribution in [0.5, 0.6) is 5.75 Å². The Morgan fingerprint density at radius 1 is 1.33 bits per heavy atom. The number of aromatic nitrogens is 4. The van der Waals surface area contributed by atoms with Crippen molar-refractivity contribution >= 4 is 32.4 Å². The second-order valence-electron chi connectivity index (χ2n) is 5.94. The molecule has 1 fully saturated rings. The fraction of sp³-hybridized carbons (Fsp3) is 0.375. The van der Waals surface area contributed by atoms with Crippen molar-refractivity contribution in [1.29, 1.82) is 0 Å². The van der Waals surface area contributed by atoms with Gasteiger partial charge in [0.2, 0.25) is 11.0 Å². The standard InChI is InChI=1S/C16H15BrFN5O3S/c17-11-2-1-9(18)7-12(11)25-10-3-5-23(6-4-10)16-21-20-15(27-16)14-19-13(8-24)26-22-14/h1-2,7,10,24H,3-6,8H2. The first-order valence-electron chi connectivity index (χ1n) is 8.26. The number of ether oxygens (including phenoxy) is 1. The summed E-state index contributed by atoms with van der Waals surface area (Å²) in [6.45, 7) is 1.19. The maximum absolute atomic E-state index is 13.4. The normalized spacial score (nSPS) is 15.3. The van der Waals surface area contributed by atoms with Crippen LogP contribution in [0.4, 0.5) is 9.52 Å². The van der Waals surface area contributed by atoms with Gasteiger partial charge in [0.05, 0.1) is 4.47 Å². The third kappa shape index (κ3) is 4.09. The van der Waals surface area contributed by atoms with Crippen LogP contribution < -0.4 is 9.64 Å². The molecule has 1 N–H and O–H groups in total. The molecule has 0 atom stereocenters. The van der Waals surface area contributed by atoms with E-state index in [-0.39, 0.29) is 24.4 Å². The molecule has 3 heterocycles. The molecular formula is C16H15BrFN5O3S. The molecule has 0 radical (unpaired) electrons. The molecule has 0 saturated carbocycles. The fourth-order valence-electron chi connectivity index (χ4n) is 2.75. The van der Waals surface area contributed by atoms with Gasteiger partial charge < -0.3 is 19.3 Å². The molecule has 0 bridgehead atoms. The second kappa shape index (κ2) is 7.87. The molecule has 2 aromatic heterocycles. The summed E-state index contributed by atoms with van der Waals surface area (Å²) in [5, 5.41) is 22.4. The Hall–Kier alpha value is -2.11. The third-order valence-corrected chi connectivity index (χ3v) is 5.74. The first-order valence-corrected chi connectivity index (χ1v) is 9.87. The molecule has 1 aliphatic heterocycles. The van der Waals surface area contributed by atoms with Crippen molar-refractivity contribution in [2.24, 2.45) is 0 Å². The summed E-state index contributed by atoms with van der Waals surface area (Å²) in [5.74, 6) is 0.654. The van der Waals surface area contributed by atoms with Gasteiger partial charge in [0.15, 0.2) is 5.01 Å². The summed E-state index contributed by atoms with van der Waals surface area (Å²) >= 11 is 4.75. The predicted octanol–water partition coefficient (Wildman–Crippen LogP) is 3.03. The molecule has 0 aliphatic carbocycles. The van der Waals surface area contributed by atoms with Crippen molar-refractivity contribution in [3.05, 3.63) is 34.4 Å². The third-order valence-electron chi connectivity index (χ3n) is 4.11. The number of hydrogen-bond acceptors (Lipinski definition) is 9. The van der Waals surface area contributed by atoms with Crippen LogP contribution in [0.25, 0.3) is 10.8 Å². The number of piperidine rings is 1. The number of halogens is 2. The van der Waals surface area contributed by atoms with Gasteiger partial charge >= 0.3 is 0 Å².